The van der Waals surface area contributed by atoms with Crippen molar-refractivity contribution in [2.45, 2.75) is 28.4 Å². The summed E-state index contributed by atoms with van der Waals surface area (Å²) < 4.78 is 33.2. The Morgan fingerprint density at radius 1 is 1.10 bits per heavy atom. The molecule has 0 bridgehead atoms. The van der Waals surface area contributed by atoms with Gasteiger partial charge in [0, 0.05) is 54.5 Å². The van der Waals surface area contributed by atoms with Crippen LogP contribution in [0.3, 0.4) is 0 Å². The van der Waals surface area contributed by atoms with Crippen LogP contribution in [-0.2, 0) is 14.8 Å². The molecule has 9 heteroatoms. The summed E-state index contributed by atoms with van der Waals surface area (Å²) in [6, 6.07) is 12.8. The van der Waals surface area contributed by atoms with Gasteiger partial charge in [-0.15, -0.1) is 11.8 Å². The van der Waals surface area contributed by atoms with Crippen molar-refractivity contribution in [1.29, 1.82) is 0 Å². The third-order valence-electron chi connectivity index (χ3n) is 5.32. The Balaban J connectivity index is 1.50. The number of ether oxygens (including phenoxy) is 1. The summed E-state index contributed by atoms with van der Waals surface area (Å²) in [6.07, 6.45) is 0.410. The molecule has 30 heavy (non-hydrogen) atoms. The van der Waals surface area contributed by atoms with Gasteiger partial charge in [-0.05, 0) is 30.3 Å². The summed E-state index contributed by atoms with van der Waals surface area (Å²) in [6.45, 7) is 3.98. The van der Waals surface area contributed by atoms with Crippen LogP contribution >= 0.6 is 11.8 Å². The van der Waals surface area contributed by atoms with Gasteiger partial charge < -0.3 is 15.0 Å². The van der Waals surface area contributed by atoms with E-state index < -0.39 is 10.0 Å². The van der Waals surface area contributed by atoms with E-state index in [0.717, 1.165) is 16.3 Å². The molecular formula is C21H25N3O4S2. The highest BCUT2D eigenvalue weighted by molar-refractivity contribution is 8.00. The lowest BCUT2D eigenvalue weighted by Gasteiger charge is -2.35. The molecule has 4 rings (SSSR count). The lowest BCUT2D eigenvalue weighted by Crippen LogP contribution is -2.48. The third kappa shape index (κ3) is 4.28. The molecule has 0 aromatic heterocycles. The van der Waals surface area contributed by atoms with Crippen LogP contribution in [-0.4, -0.2) is 57.2 Å². The van der Waals surface area contributed by atoms with Crippen molar-refractivity contribution >= 4 is 39.1 Å². The van der Waals surface area contributed by atoms with Crippen LogP contribution in [0.25, 0.3) is 0 Å². The van der Waals surface area contributed by atoms with Crippen molar-refractivity contribution in [1.82, 2.24) is 4.31 Å². The summed E-state index contributed by atoms with van der Waals surface area (Å²) in [7, 11) is -2.00. The number of benzene rings is 2. The lowest BCUT2D eigenvalue weighted by molar-refractivity contribution is -0.116. The number of hydrogen-bond donors (Lipinski definition) is 1. The summed E-state index contributed by atoms with van der Waals surface area (Å²) in [4.78, 5) is 15.3. The van der Waals surface area contributed by atoms with E-state index in [1.165, 1.54) is 4.31 Å². The minimum Gasteiger partial charge on any atom is -0.497 e. The van der Waals surface area contributed by atoms with E-state index >= 15 is 0 Å². The number of nitrogens with one attached hydrogen (secondary N) is 1. The molecule has 1 amide bonds. The number of hydrogen-bond acceptors (Lipinski definition) is 6. The molecule has 0 radical (unpaired) electrons. The zero-order chi connectivity index (χ0) is 21.3. The molecule has 1 unspecified atom stereocenters. The van der Waals surface area contributed by atoms with Gasteiger partial charge in [0.1, 0.15) is 5.75 Å². The Bertz CT molecular complexity index is 1050. The standard InChI is InChI=1S/C21H25N3O4S2/c1-15-12-21(25)22-19-14-18(6-7-20(19)29-15)30(26,27)24-10-8-23(9-11-24)16-4-3-5-17(13-16)28-2/h3-7,13-15H,8-12H2,1-2H3,(H,22,25). The highest BCUT2D eigenvalue weighted by Crippen LogP contribution is 2.37. The van der Waals surface area contributed by atoms with Crippen LogP contribution in [0.15, 0.2) is 52.3 Å². The van der Waals surface area contributed by atoms with Gasteiger partial charge in [-0.2, -0.15) is 4.31 Å². The number of carbonyl (C=O) groups is 1. The first-order chi connectivity index (χ1) is 14.4. The first-order valence-corrected chi connectivity index (χ1v) is 12.2. The van der Waals surface area contributed by atoms with E-state index in [9.17, 15) is 13.2 Å². The topological polar surface area (TPSA) is 79.0 Å². The molecule has 7 nitrogen and oxygen atoms in total. The lowest BCUT2D eigenvalue weighted by atomic mass is 10.2. The predicted octanol–water partition coefficient (Wildman–Crippen LogP) is 3.03. The molecule has 0 saturated carbocycles. The average molecular weight is 448 g/mol. The Kier molecular flexibility index (Phi) is 5.95. The molecule has 2 aromatic rings. The first kappa shape index (κ1) is 21.0. The Hall–Kier alpha value is -2.23. The summed E-state index contributed by atoms with van der Waals surface area (Å²) >= 11 is 1.58. The smallest absolute Gasteiger partial charge is 0.243 e. The largest absolute Gasteiger partial charge is 0.497 e. The van der Waals surface area contributed by atoms with Gasteiger partial charge in [-0.25, -0.2) is 8.42 Å². The van der Waals surface area contributed by atoms with E-state index in [0.29, 0.717) is 38.3 Å². The quantitative estimate of drug-likeness (QED) is 0.776. The highest BCUT2D eigenvalue weighted by atomic mass is 32.2. The number of sulfonamides is 1. The summed E-state index contributed by atoms with van der Waals surface area (Å²) in [5.74, 6) is 0.692. The minimum absolute atomic E-state index is 0.0878. The highest BCUT2D eigenvalue weighted by Gasteiger charge is 2.30. The van der Waals surface area contributed by atoms with Crippen molar-refractivity contribution in [2.75, 3.05) is 43.5 Å². The van der Waals surface area contributed by atoms with Gasteiger partial charge in [-0.3, -0.25) is 4.79 Å². The second-order valence-electron chi connectivity index (χ2n) is 7.43. The zero-order valence-electron chi connectivity index (χ0n) is 17.0. The van der Waals surface area contributed by atoms with Crippen LogP contribution in [0.1, 0.15) is 13.3 Å². The average Bonchev–Trinajstić information content (AvgIpc) is 2.89. The molecule has 2 heterocycles. The van der Waals surface area contributed by atoms with Gasteiger partial charge in [0.2, 0.25) is 15.9 Å². The SMILES string of the molecule is COc1cccc(N2CCN(S(=O)(=O)c3ccc4c(c3)NC(=O)CC(C)S4)CC2)c1. The van der Waals surface area contributed by atoms with Crippen molar-refractivity contribution in [3.8, 4) is 5.75 Å². The molecule has 160 valence electrons. The molecule has 2 aromatic carbocycles. The number of carbonyl (C=O) groups excluding carboxylic acids is 1. The van der Waals surface area contributed by atoms with E-state index in [4.69, 9.17) is 4.74 Å². The molecule has 1 fully saturated rings. The van der Waals surface area contributed by atoms with E-state index in [1.54, 1.807) is 37.1 Å². The fourth-order valence-corrected chi connectivity index (χ4v) is 6.23. The molecule has 1 N–H and O–H groups in total. The van der Waals surface area contributed by atoms with Gasteiger partial charge >= 0.3 is 0 Å². The van der Waals surface area contributed by atoms with Crippen LogP contribution in [0.4, 0.5) is 11.4 Å². The fraction of sp³-hybridized carbons (Fsp3) is 0.381. The number of amides is 1. The second-order valence-corrected chi connectivity index (χ2v) is 10.8. The normalized spacial score (nSPS) is 20.3. The fourth-order valence-electron chi connectivity index (χ4n) is 3.73. The maximum absolute atomic E-state index is 13.2. The molecule has 2 aliphatic heterocycles. The van der Waals surface area contributed by atoms with E-state index in [1.807, 2.05) is 31.2 Å². The predicted molar refractivity (Wildman–Crippen MR) is 119 cm³/mol. The number of rotatable bonds is 4. The van der Waals surface area contributed by atoms with Gasteiger partial charge in [0.25, 0.3) is 0 Å². The van der Waals surface area contributed by atoms with Gasteiger partial charge in [-0.1, -0.05) is 13.0 Å². The number of methoxy groups -OCH3 is 1. The maximum atomic E-state index is 13.2. The third-order valence-corrected chi connectivity index (χ3v) is 8.39. The molecule has 0 spiro atoms. The van der Waals surface area contributed by atoms with Crippen molar-refractivity contribution in [3.63, 3.8) is 0 Å². The number of anilines is 2. The Morgan fingerprint density at radius 2 is 1.87 bits per heavy atom. The molecule has 0 aliphatic carbocycles. The molecular weight excluding hydrogens is 422 g/mol. The van der Waals surface area contributed by atoms with Gasteiger partial charge in [0.15, 0.2) is 0 Å². The van der Waals surface area contributed by atoms with Gasteiger partial charge in [0.05, 0.1) is 17.7 Å². The van der Waals surface area contributed by atoms with Crippen LogP contribution in [0, 0.1) is 0 Å². The minimum atomic E-state index is -3.64. The number of fused-ring (bicyclic) bond motifs is 1. The first-order valence-electron chi connectivity index (χ1n) is 9.86. The Labute approximate surface area is 181 Å². The van der Waals surface area contributed by atoms with Crippen LogP contribution in [0.5, 0.6) is 5.75 Å². The summed E-state index contributed by atoms with van der Waals surface area (Å²) in [5.41, 5.74) is 1.59. The zero-order valence-corrected chi connectivity index (χ0v) is 18.6. The number of thioether (sulfide) groups is 1. The monoisotopic (exact) mass is 447 g/mol. The van der Waals surface area contributed by atoms with E-state index in [2.05, 4.69) is 10.2 Å². The Morgan fingerprint density at radius 3 is 2.60 bits per heavy atom. The number of nitrogens with zero attached hydrogens (tertiary/aromatic N) is 2. The van der Waals surface area contributed by atoms with Crippen LogP contribution < -0.4 is 15.0 Å². The van der Waals surface area contributed by atoms with Crippen molar-refractivity contribution in [2.24, 2.45) is 0 Å². The van der Waals surface area contributed by atoms with Crippen LogP contribution in [0.2, 0.25) is 0 Å². The number of piperazine rings is 1. The summed E-state index contributed by atoms with van der Waals surface area (Å²) in [5, 5.41) is 3.00. The van der Waals surface area contributed by atoms with Crippen molar-refractivity contribution in [3.05, 3.63) is 42.5 Å². The maximum Gasteiger partial charge on any atom is 0.243 e. The molecule has 1 atom stereocenters. The molecule has 1 saturated heterocycles. The second kappa shape index (κ2) is 8.49. The van der Waals surface area contributed by atoms with E-state index in [-0.39, 0.29) is 16.1 Å². The van der Waals surface area contributed by atoms with Crippen molar-refractivity contribution < 1.29 is 17.9 Å². The molecule has 2 aliphatic rings.